The lowest BCUT2D eigenvalue weighted by atomic mass is 10.3. The van der Waals surface area contributed by atoms with E-state index in [2.05, 4.69) is 0 Å². The van der Waals surface area contributed by atoms with Gasteiger partial charge in [0.1, 0.15) is 11.6 Å². The van der Waals surface area contributed by atoms with E-state index in [-0.39, 0.29) is 9.41 Å². The van der Waals surface area contributed by atoms with Crippen LogP contribution >= 0.6 is 0 Å². The summed E-state index contributed by atoms with van der Waals surface area (Å²) in [6.45, 7) is 0. The summed E-state index contributed by atoms with van der Waals surface area (Å²) in [6.07, 6.45) is 0. The summed E-state index contributed by atoms with van der Waals surface area (Å²) in [5.41, 5.74) is 0. The lowest BCUT2D eigenvalue weighted by Crippen LogP contribution is -1.72. The molecule has 0 aliphatic carbocycles. The molecule has 0 saturated carbocycles. The second kappa shape index (κ2) is 4.78. The Morgan fingerprint density at radius 2 is 0.900 bits per heavy atom. The average Bonchev–Trinajstić information content (AvgIpc) is 1.77. The molecule has 0 fully saturated rings. The van der Waals surface area contributed by atoms with Gasteiger partial charge in [-0.15, -0.1) is 0 Å². The SMILES string of the molecule is F.F.Fc1ccc(F)cc1. The molecule has 0 spiro atoms. The van der Waals surface area contributed by atoms with Crippen LogP contribution in [0.2, 0.25) is 0 Å². The predicted molar refractivity (Wildman–Crippen MR) is 31.4 cm³/mol. The fourth-order valence-corrected chi connectivity index (χ4v) is 0.430. The predicted octanol–water partition coefficient (Wildman–Crippen LogP) is 2.27. The van der Waals surface area contributed by atoms with E-state index < -0.39 is 11.6 Å². The number of rotatable bonds is 0. The molecule has 1 rings (SSSR count). The molecule has 0 atom stereocenters. The van der Waals surface area contributed by atoms with E-state index >= 15 is 0 Å². The molecule has 0 saturated heterocycles. The highest BCUT2D eigenvalue weighted by Gasteiger charge is 1.86. The number of benzene rings is 1. The molecule has 0 amide bonds. The third-order valence-electron chi connectivity index (χ3n) is 0.804. The molecule has 0 heterocycles. The lowest BCUT2D eigenvalue weighted by Gasteiger charge is -1.83. The van der Waals surface area contributed by atoms with Gasteiger partial charge in [-0.25, -0.2) is 8.78 Å². The van der Waals surface area contributed by atoms with Crippen molar-refractivity contribution in [1.82, 2.24) is 0 Å². The van der Waals surface area contributed by atoms with Crippen LogP contribution in [0.25, 0.3) is 0 Å². The molecule has 0 unspecified atom stereocenters. The van der Waals surface area contributed by atoms with E-state index in [1.807, 2.05) is 0 Å². The summed E-state index contributed by atoms with van der Waals surface area (Å²) in [7, 11) is 0. The van der Waals surface area contributed by atoms with Crippen molar-refractivity contribution in [3.63, 3.8) is 0 Å². The summed E-state index contributed by atoms with van der Waals surface area (Å²) >= 11 is 0. The monoisotopic (exact) mass is 154 g/mol. The van der Waals surface area contributed by atoms with Crippen molar-refractivity contribution >= 4 is 0 Å². The van der Waals surface area contributed by atoms with E-state index in [0.29, 0.717) is 0 Å². The lowest BCUT2D eigenvalue weighted by molar-refractivity contribution is 0.600. The van der Waals surface area contributed by atoms with Gasteiger partial charge in [0.15, 0.2) is 0 Å². The Bertz CT molecular complexity index is 149. The number of hydrogen-bond donors (Lipinski definition) is 0. The van der Waals surface area contributed by atoms with Gasteiger partial charge < -0.3 is 0 Å². The maximum atomic E-state index is 11.9. The Balaban J connectivity index is 0. The minimum Gasteiger partial charge on any atom is -0.269 e. The van der Waals surface area contributed by atoms with Crippen molar-refractivity contribution in [2.45, 2.75) is 0 Å². The van der Waals surface area contributed by atoms with Gasteiger partial charge in [0, 0.05) is 0 Å². The van der Waals surface area contributed by atoms with Crippen LogP contribution in [0.15, 0.2) is 24.3 Å². The van der Waals surface area contributed by atoms with Crippen molar-refractivity contribution in [2.24, 2.45) is 0 Å². The molecule has 0 radical (unpaired) electrons. The summed E-state index contributed by atoms with van der Waals surface area (Å²) in [6, 6.07) is 4.31. The van der Waals surface area contributed by atoms with E-state index in [4.69, 9.17) is 0 Å². The third kappa shape index (κ3) is 3.06. The van der Waals surface area contributed by atoms with Gasteiger partial charge in [-0.1, -0.05) is 0 Å². The molecule has 0 aliphatic heterocycles. The first-order chi connectivity index (χ1) is 3.79. The van der Waals surface area contributed by atoms with E-state index in [0.717, 1.165) is 24.3 Å². The molecule has 0 bridgehead atoms. The molecule has 1 aromatic carbocycles. The molecule has 10 heavy (non-hydrogen) atoms. The minimum atomic E-state index is -0.411. The quantitative estimate of drug-likeness (QED) is 0.503. The molecular weight excluding hydrogens is 148 g/mol. The van der Waals surface area contributed by atoms with Crippen LogP contribution in [0.3, 0.4) is 0 Å². The van der Waals surface area contributed by atoms with Gasteiger partial charge in [0.25, 0.3) is 0 Å². The first-order valence-corrected chi connectivity index (χ1v) is 2.20. The van der Waals surface area contributed by atoms with Crippen LogP contribution < -0.4 is 0 Å². The van der Waals surface area contributed by atoms with Crippen LogP contribution in [0.1, 0.15) is 0 Å². The van der Waals surface area contributed by atoms with Crippen molar-refractivity contribution in [3.05, 3.63) is 35.9 Å². The van der Waals surface area contributed by atoms with Crippen molar-refractivity contribution < 1.29 is 18.2 Å². The average molecular weight is 154 g/mol. The second-order valence-electron chi connectivity index (χ2n) is 1.44. The van der Waals surface area contributed by atoms with Gasteiger partial charge in [-0.3, -0.25) is 9.41 Å². The maximum absolute atomic E-state index is 11.9. The normalized spacial score (nSPS) is 7.40. The third-order valence-corrected chi connectivity index (χ3v) is 0.804. The molecule has 0 aromatic heterocycles. The molecule has 1 aromatic rings. The highest BCUT2D eigenvalue weighted by Crippen LogP contribution is 1.98. The Morgan fingerprint density at radius 1 is 0.700 bits per heavy atom. The van der Waals surface area contributed by atoms with Gasteiger partial charge in [-0.05, 0) is 24.3 Å². The van der Waals surface area contributed by atoms with Gasteiger partial charge >= 0.3 is 0 Å². The minimum absolute atomic E-state index is 0. The zero-order valence-electron chi connectivity index (χ0n) is 4.88. The number of hydrogen-bond acceptors (Lipinski definition) is 0. The summed E-state index contributed by atoms with van der Waals surface area (Å²) < 4.78 is 23.8. The van der Waals surface area contributed by atoms with E-state index in [1.165, 1.54) is 0 Å². The van der Waals surface area contributed by atoms with Crippen LogP contribution in [0, 0.1) is 11.6 Å². The second-order valence-corrected chi connectivity index (χ2v) is 1.44. The van der Waals surface area contributed by atoms with Gasteiger partial charge in [-0.2, -0.15) is 0 Å². The van der Waals surface area contributed by atoms with Gasteiger partial charge in [0.05, 0.1) is 0 Å². The van der Waals surface area contributed by atoms with Gasteiger partial charge in [0.2, 0.25) is 0 Å². The Morgan fingerprint density at radius 3 is 1.10 bits per heavy atom. The summed E-state index contributed by atoms with van der Waals surface area (Å²) in [5, 5.41) is 0. The zero-order chi connectivity index (χ0) is 5.98. The number of halogens is 4. The summed E-state index contributed by atoms with van der Waals surface area (Å²) in [5.74, 6) is -0.821. The van der Waals surface area contributed by atoms with Crippen LogP contribution in [-0.2, 0) is 0 Å². The van der Waals surface area contributed by atoms with Crippen molar-refractivity contribution in [1.29, 1.82) is 0 Å². The fourth-order valence-electron chi connectivity index (χ4n) is 0.430. The first kappa shape index (κ1) is 11.7. The van der Waals surface area contributed by atoms with Crippen molar-refractivity contribution in [2.75, 3.05) is 0 Å². The van der Waals surface area contributed by atoms with E-state index in [9.17, 15) is 8.78 Å². The van der Waals surface area contributed by atoms with Crippen LogP contribution in [0.5, 0.6) is 0 Å². The molecule has 0 nitrogen and oxygen atoms in total. The smallest absolute Gasteiger partial charge is 0.123 e. The molecule has 58 valence electrons. The van der Waals surface area contributed by atoms with Crippen LogP contribution in [0.4, 0.5) is 18.2 Å². The molecule has 4 heteroatoms. The largest absolute Gasteiger partial charge is 0.269 e. The van der Waals surface area contributed by atoms with Crippen LogP contribution in [-0.4, -0.2) is 0 Å². The highest BCUT2D eigenvalue weighted by molar-refractivity contribution is 5.04. The topological polar surface area (TPSA) is 0 Å². The van der Waals surface area contributed by atoms with E-state index in [1.54, 1.807) is 0 Å². The Labute approximate surface area is 55.2 Å². The summed E-state index contributed by atoms with van der Waals surface area (Å²) in [4.78, 5) is 0. The molecular formula is C6H6F4. The maximum Gasteiger partial charge on any atom is 0.123 e. The molecule has 0 N–H and O–H groups in total. The zero-order valence-corrected chi connectivity index (χ0v) is 4.88. The standard InChI is InChI=1S/C6H4F2.2FH/c7-5-1-2-6(8)4-3-5;;/h1-4H;2*1H. The van der Waals surface area contributed by atoms with Crippen molar-refractivity contribution in [3.8, 4) is 0 Å². The highest BCUT2D eigenvalue weighted by atomic mass is 19.1. The Hall–Kier alpha value is -1.06. The Kier molecular flexibility index (Phi) is 5.60. The molecule has 0 aliphatic rings. The fraction of sp³-hybridized carbons (Fsp3) is 0. The first-order valence-electron chi connectivity index (χ1n) is 2.20.